The van der Waals surface area contributed by atoms with Gasteiger partial charge in [0.1, 0.15) is 0 Å². The fraction of sp³-hybridized carbons (Fsp3) is 0.579. The van der Waals surface area contributed by atoms with Crippen molar-refractivity contribution in [2.24, 2.45) is 0 Å². The highest BCUT2D eigenvalue weighted by molar-refractivity contribution is 6.31. The second-order valence-electron chi connectivity index (χ2n) is 7.08. The number of anilines is 1. The predicted octanol–water partition coefficient (Wildman–Crippen LogP) is 5.25. The molecule has 0 saturated carbocycles. The van der Waals surface area contributed by atoms with Crippen molar-refractivity contribution in [3.8, 4) is 0 Å². The van der Waals surface area contributed by atoms with Gasteiger partial charge in [0.2, 0.25) is 0 Å². The Labute approximate surface area is 140 Å². The minimum Gasteiger partial charge on any atom is -0.360 e. The molecule has 0 atom stereocenters. The fourth-order valence-electron chi connectivity index (χ4n) is 3.59. The molecule has 0 spiro atoms. The predicted molar refractivity (Wildman–Crippen MR) is 98.8 cm³/mol. The number of hydrogen-bond acceptors (Lipinski definition) is 2. The molecule has 1 aliphatic heterocycles. The van der Waals surface area contributed by atoms with E-state index in [9.17, 15) is 0 Å². The van der Waals surface area contributed by atoms with Crippen molar-refractivity contribution in [1.29, 1.82) is 0 Å². The molecule has 1 aromatic carbocycles. The van der Waals surface area contributed by atoms with Crippen LogP contribution in [0.5, 0.6) is 0 Å². The van der Waals surface area contributed by atoms with Crippen LogP contribution in [0, 0.1) is 0 Å². The van der Waals surface area contributed by atoms with Gasteiger partial charge in [-0.2, -0.15) is 0 Å². The number of fused-ring (bicyclic) bond motifs is 1. The van der Waals surface area contributed by atoms with Crippen LogP contribution < -0.4 is 10.2 Å². The van der Waals surface area contributed by atoms with E-state index in [0.29, 0.717) is 6.04 Å². The van der Waals surface area contributed by atoms with Gasteiger partial charge >= 0.3 is 0 Å². The number of rotatable bonds is 5. The maximum Gasteiger partial charge on any atom is 0.0537 e. The summed E-state index contributed by atoms with van der Waals surface area (Å²) in [6.07, 6.45) is 3.50. The van der Waals surface area contributed by atoms with Gasteiger partial charge in [0, 0.05) is 28.9 Å². The molecular weight excluding hydrogens is 292 g/mol. The van der Waals surface area contributed by atoms with Gasteiger partial charge in [-0.25, -0.2) is 0 Å². The van der Waals surface area contributed by atoms with Crippen LogP contribution in [-0.4, -0.2) is 18.1 Å². The molecule has 0 saturated heterocycles. The monoisotopic (exact) mass is 320 g/mol. The molecule has 1 heterocycles. The van der Waals surface area contributed by atoms with E-state index in [0.717, 1.165) is 24.5 Å². The lowest BCUT2D eigenvalue weighted by Gasteiger charge is -2.46. The first-order valence-corrected chi connectivity index (χ1v) is 8.68. The number of allylic oxidation sites excluding steroid dienone is 1. The molecule has 0 amide bonds. The number of nitrogens with one attached hydrogen (secondary N) is 1. The van der Waals surface area contributed by atoms with Crippen LogP contribution in [0.2, 0.25) is 5.02 Å². The Morgan fingerprint density at radius 2 is 1.95 bits per heavy atom. The van der Waals surface area contributed by atoms with Gasteiger partial charge < -0.3 is 10.2 Å². The van der Waals surface area contributed by atoms with Crippen LogP contribution in [0.4, 0.5) is 5.69 Å². The molecule has 0 aliphatic carbocycles. The van der Waals surface area contributed by atoms with Crippen LogP contribution in [0.1, 0.15) is 59.1 Å². The molecular formula is C19H29ClN2. The molecule has 1 N–H and O–H groups in total. The smallest absolute Gasteiger partial charge is 0.0537 e. The van der Waals surface area contributed by atoms with E-state index in [1.54, 1.807) is 0 Å². The van der Waals surface area contributed by atoms with Gasteiger partial charge in [-0.05, 0) is 70.9 Å². The highest BCUT2D eigenvalue weighted by Gasteiger charge is 2.33. The van der Waals surface area contributed by atoms with Gasteiger partial charge in [0.15, 0.2) is 0 Å². The Kier molecular flexibility index (Phi) is 5.24. The third kappa shape index (κ3) is 3.33. The van der Waals surface area contributed by atoms with Gasteiger partial charge in [0.25, 0.3) is 0 Å². The Balaban J connectivity index is 2.46. The van der Waals surface area contributed by atoms with Crippen molar-refractivity contribution in [2.75, 3.05) is 11.4 Å². The lowest BCUT2D eigenvalue weighted by Crippen LogP contribution is -2.49. The van der Waals surface area contributed by atoms with Crippen LogP contribution in [0.3, 0.4) is 0 Å². The highest BCUT2D eigenvalue weighted by Crippen LogP contribution is 2.42. The summed E-state index contributed by atoms with van der Waals surface area (Å²) in [7, 11) is 0. The lowest BCUT2D eigenvalue weighted by atomic mass is 9.87. The minimum atomic E-state index is 0.0105. The molecule has 22 heavy (non-hydrogen) atoms. The number of nitrogens with zero attached hydrogens (tertiary/aromatic N) is 1. The molecule has 122 valence electrons. The highest BCUT2D eigenvalue weighted by atomic mass is 35.5. The molecule has 0 aromatic heterocycles. The summed E-state index contributed by atoms with van der Waals surface area (Å²) in [5, 5.41) is 4.31. The Bertz CT molecular complexity index is 573. The first kappa shape index (κ1) is 17.4. The van der Waals surface area contributed by atoms with E-state index in [2.05, 4.69) is 70.0 Å². The molecule has 0 fully saturated rings. The van der Waals surface area contributed by atoms with Gasteiger partial charge in [-0.15, -0.1) is 0 Å². The third-order valence-electron chi connectivity index (χ3n) is 4.30. The van der Waals surface area contributed by atoms with E-state index < -0.39 is 0 Å². The summed E-state index contributed by atoms with van der Waals surface area (Å²) < 4.78 is 0. The minimum absolute atomic E-state index is 0.0105. The summed E-state index contributed by atoms with van der Waals surface area (Å²) in [5.41, 5.74) is 5.10. The number of benzene rings is 1. The summed E-state index contributed by atoms with van der Waals surface area (Å²) in [5.74, 6) is 0. The molecule has 0 radical (unpaired) electrons. The molecule has 2 nitrogen and oxygen atoms in total. The molecule has 0 unspecified atom stereocenters. The SMILES string of the molecule is CCCNCc1cc2c(cc1Cl)N(C(C)C)C(C)(C)C=C2C. The number of hydrogen-bond donors (Lipinski definition) is 1. The summed E-state index contributed by atoms with van der Waals surface area (Å²) in [6.45, 7) is 15.3. The van der Waals surface area contributed by atoms with Gasteiger partial charge in [-0.1, -0.05) is 24.6 Å². The summed E-state index contributed by atoms with van der Waals surface area (Å²) in [4.78, 5) is 2.46. The zero-order valence-electron chi connectivity index (χ0n) is 14.8. The van der Waals surface area contributed by atoms with Crippen molar-refractivity contribution in [3.63, 3.8) is 0 Å². The Morgan fingerprint density at radius 3 is 2.55 bits per heavy atom. The topological polar surface area (TPSA) is 15.3 Å². The standard InChI is InChI=1S/C19H29ClN2/c1-7-8-21-12-15-9-16-14(4)11-19(5,6)22(13(2)3)18(16)10-17(15)20/h9-11,13,21H,7-8,12H2,1-6H3. The summed E-state index contributed by atoms with van der Waals surface area (Å²) >= 11 is 6.56. The van der Waals surface area contributed by atoms with Crippen LogP contribution >= 0.6 is 11.6 Å². The Morgan fingerprint density at radius 1 is 1.27 bits per heavy atom. The molecule has 3 heteroatoms. The van der Waals surface area contributed by atoms with Gasteiger partial charge in [0.05, 0.1) is 5.54 Å². The average molecular weight is 321 g/mol. The van der Waals surface area contributed by atoms with E-state index in [1.165, 1.54) is 22.4 Å². The zero-order valence-corrected chi connectivity index (χ0v) is 15.5. The third-order valence-corrected chi connectivity index (χ3v) is 4.65. The normalized spacial score (nSPS) is 16.7. The van der Waals surface area contributed by atoms with Crippen LogP contribution in [0.25, 0.3) is 5.57 Å². The molecule has 1 aliphatic rings. The maximum absolute atomic E-state index is 6.56. The lowest BCUT2D eigenvalue weighted by molar-refractivity contribution is 0.507. The van der Waals surface area contributed by atoms with Crippen LogP contribution in [0.15, 0.2) is 18.2 Å². The van der Waals surface area contributed by atoms with Crippen molar-refractivity contribution in [2.45, 2.75) is 66.1 Å². The quantitative estimate of drug-likeness (QED) is 0.745. The fourth-order valence-corrected chi connectivity index (χ4v) is 3.81. The zero-order chi connectivity index (χ0) is 16.5. The van der Waals surface area contributed by atoms with E-state index in [1.807, 2.05) is 0 Å². The second kappa shape index (κ2) is 6.64. The van der Waals surface area contributed by atoms with E-state index in [4.69, 9.17) is 11.6 Å². The average Bonchev–Trinajstić information content (AvgIpc) is 2.38. The summed E-state index contributed by atoms with van der Waals surface area (Å²) in [6, 6.07) is 4.84. The van der Waals surface area contributed by atoms with Crippen LogP contribution in [-0.2, 0) is 6.54 Å². The van der Waals surface area contributed by atoms with Crippen molar-refractivity contribution < 1.29 is 0 Å². The van der Waals surface area contributed by atoms with Crippen molar-refractivity contribution in [3.05, 3.63) is 34.4 Å². The van der Waals surface area contributed by atoms with Crippen molar-refractivity contribution in [1.82, 2.24) is 5.32 Å². The first-order chi connectivity index (χ1) is 10.3. The maximum atomic E-state index is 6.56. The Hall–Kier alpha value is -0.990. The second-order valence-corrected chi connectivity index (χ2v) is 7.49. The van der Waals surface area contributed by atoms with E-state index in [-0.39, 0.29) is 5.54 Å². The molecule has 1 aromatic rings. The molecule has 0 bridgehead atoms. The van der Waals surface area contributed by atoms with E-state index >= 15 is 0 Å². The first-order valence-electron chi connectivity index (χ1n) is 8.30. The van der Waals surface area contributed by atoms with Gasteiger partial charge in [-0.3, -0.25) is 0 Å². The number of halogens is 1. The largest absolute Gasteiger partial charge is 0.360 e. The van der Waals surface area contributed by atoms with Crippen molar-refractivity contribution >= 4 is 22.9 Å². The molecule has 2 rings (SSSR count).